The van der Waals surface area contributed by atoms with Gasteiger partial charge in [-0.2, -0.15) is 0 Å². The lowest BCUT2D eigenvalue weighted by molar-refractivity contribution is 0.406. The van der Waals surface area contributed by atoms with Crippen LogP contribution in [0.1, 0.15) is 23.0 Å². The quantitative estimate of drug-likeness (QED) is 0.892. The summed E-state index contributed by atoms with van der Waals surface area (Å²) < 4.78 is 5.38. The van der Waals surface area contributed by atoms with Crippen LogP contribution in [-0.4, -0.2) is 24.1 Å². The first-order chi connectivity index (χ1) is 9.24. The average molecular weight is 257 g/mol. The molecule has 0 amide bonds. The Morgan fingerprint density at radius 2 is 2.00 bits per heavy atom. The van der Waals surface area contributed by atoms with Gasteiger partial charge in [0.25, 0.3) is 0 Å². The Balaban J connectivity index is 2.21. The molecular formula is C15H19N3O. The van der Waals surface area contributed by atoms with Crippen LogP contribution in [0.15, 0.2) is 36.7 Å². The number of nitrogens with one attached hydrogen (secondary N) is 1. The normalized spacial score (nSPS) is 12.2. The van der Waals surface area contributed by atoms with E-state index in [0.29, 0.717) is 0 Å². The van der Waals surface area contributed by atoms with Crippen LogP contribution in [0.5, 0.6) is 5.75 Å². The molecule has 4 heteroatoms. The van der Waals surface area contributed by atoms with E-state index in [2.05, 4.69) is 21.4 Å². The van der Waals surface area contributed by atoms with E-state index >= 15 is 0 Å². The largest absolute Gasteiger partial charge is 0.496 e. The van der Waals surface area contributed by atoms with E-state index in [1.165, 1.54) is 0 Å². The fourth-order valence-corrected chi connectivity index (χ4v) is 2.03. The molecule has 1 N–H and O–H groups in total. The minimum atomic E-state index is 0.129. The zero-order chi connectivity index (χ0) is 13.7. The molecule has 0 bridgehead atoms. The molecule has 2 rings (SSSR count). The van der Waals surface area contributed by atoms with E-state index < -0.39 is 0 Å². The van der Waals surface area contributed by atoms with Gasteiger partial charge in [-0.25, -0.2) is 0 Å². The van der Waals surface area contributed by atoms with Crippen LogP contribution in [0.25, 0.3) is 0 Å². The predicted molar refractivity (Wildman–Crippen MR) is 75.3 cm³/mol. The SMILES string of the molecule is CNC(Cc1ccccc1OC)c1cnc(C)cn1. The Morgan fingerprint density at radius 1 is 1.21 bits per heavy atom. The summed E-state index contributed by atoms with van der Waals surface area (Å²) in [6.07, 6.45) is 4.44. The average Bonchev–Trinajstić information content (AvgIpc) is 2.46. The monoisotopic (exact) mass is 257 g/mol. The van der Waals surface area contributed by atoms with Crippen LogP contribution in [-0.2, 0) is 6.42 Å². The Labute approximate surface area is 113 Å². The number of hydrogen-bond donors (Lipinski definition) is 1. The lowest BCUT2D eigenvalue weighted by atomic mass is 10.0. The second-order valence-corrected chi connectivity index (χ2v) is 4.44. The van der Waals surface area contributed by atoms with Gasteiger partial charge in [0, 0.05) is 6.20 Å². The maximum atomic E-state index is 5.38. The Morgan fingerprint density at radius 3 is 2.63 bits per heavy atom. The molecule has 1 unspecified atom stereocenters. The molecule has 0 aliphatic heterocycles. The molecular weight excluding hydrogens is 238 g/mol. The fraction of sp³-hybridized carbons (Fsp3) is 0.333. The van der Waals surface area contributed by atoms with Crippen molar-refractivity contribution in [3.8, 4) is 5.75 Å². The second-order valence-electron chi connectivity index (χ2n) is 4.44. The van der Waals surface area contributed by atoms with Crippen LogP contribution in [0.4, 0.5) is 0 Å². The third-order valence-corrected chi connectivity index (χ3v) is 3.12. The van der Waals surface area contributed by atoms with Crippen molar-refractivity contribution in [1.29, 1.82) is 0 Å². The molecule has 0 saturated heterocycles. The molecule has 4 nitrogen and oxygen atoms in total. The highest BCUT2D eigenvalue weighted by atomic mass is 16.5. The first-order valence-electron chi connectivity index (χ1n) is 6.32. The number of para-hydroxylation sites is 1. The van der Waals surface area contributed by atoms with Crippen molar-refractivity contribution < 1.29 is 4.74 Å². The van der Waals surface area contributed by atoms with Gasteiger partial charge in [-0.1, -0.05) is 18.2 Å². The molecule has 100 valence electrons. The Hall–Kier alpha value is -1.94. The molecule has 0 aliphatic carbocycles. The summed E-state index contributed by atoms with van der Waals surface area (Å²) in [4.78, 5) is 8.73. The summed E-state index contributed by atoms with van der Waals surface area (Å²) in [6.45, 7) is 1.94. The van der Waals surface area contributed by atoms with Gasteiger partial charge < -0.3 is 10.1 Å². The molecule has 1 aromatic carbocycles. The highest BCUT2D eigenvalue weighted by Crippen LogP contribution is 2.23. The number of nitrogens with zero attached hydrogens (tertiary/aromatic N) is 2. The van der Waals surface area contributed by atoms with Gasteiger partial charge in [-0.3, -0.25) is 9.97 Å². The second kappa shape index (κ2) is 6.29. The third-order valence-electron chi connectivity index (χ3n) is 3.12. The summed E-state index contributed by atoms with van der Waals surface area (Å²) in [5.41, 5.74) is 3.03. The molecule has 0 aliphatic rings. The van der Waals surface area contributed by atoms with Crippen LogP contribution >= 0.6 is 0 Å². The van der Waals surface area contributed by atoms with Crippen molar-refractivity contribution in [2.45, 2.75) is 19.4 Å². The maximum absolute atomic E-state index is 5.38. The molecule has 19 heavy (non-hydrogen) atoms. The molecule has 0 fully saturated rings. The van der Waals surface area contributed by atoms with E-state index in [-0.39, 0.29) is 6.04 Å². The highest BCUT2D eigenvalue weighted by Gasteiger charge is 2.14. The number of likely N-dealkylation sites (N-methyl/N-ethyl adjacent to an activating group) is 1. The van der Waals surface area contributed by atoms with Crippen molar-refractivity contribution in [2.75, 3.05) is 14.2 Å². The number of ether oxygens (including phenoxy) is 1. The van der Waals surface area contributed by atoms with Gasteiger partial charge in [-0.15, -0.1) is 0 Å². The number of benzene rings is 1. The highest BCUT2D eigenvalue weighted by molar-refractivity contribution is 5.34. The molecule has 1 heterocycles. The van der Waals surface area contributed by atoms with Crippen molar-refractivity contribution in [1.82, 2.24) is 15.3 Å². The number of aryl methyl sites for hydroxylation is 1. The first-order valence-corrected chi connectivity index (χ1v) is 6.32. The van der Waals surface area contributed by atoms with Crippen molar-refractivity contribution >= 4 is 0 Å². The molecule has 0 radical (unpaired) electrons. The summed E-state index contributed by atoms with van der Waals surface area (Å²) in [7, 11) is 3.63. The lowest BCUT2D eigenvalue weighted by Crippen LogP contribution is -2.20. The standard InChI is InChI=1S/C15H19N3O/c1-11-9-18-14(10-17-11)13(16-2)8-12-6-4-5-7-15(12)19-3/h4-7,9-10,13,16H,8H2,1-3H3. The zero-order valence-electron chi connectivity index (χ0n) is 11.6. The zero-order valence-corrected chi connectivity index (χ0v) is 11.6. The molecule has 1 atom stereocenters. The Bertz CT molecular complexity index is 525. The topological polar surface area (TPSA) is 47.0 Å². The maximum Gasteiger partial charge on any atom is 0.122 e. The van der Waals surface area contributed by atoms with Gasteiger partial charge in [0.15, 0.2) is 0 Å². The van der Waals surface area contributed by atoms with Gasteiger partial charge in [0.2, 0.25) is 0 Å². The predicted octanol–water partition coefficient (Wildman–Crippen LogP) is 2.30. The van der Waals surface area contributed by atoms with E-state index in [0.717, 1.165) is 29.1 Å². The summed E-state index contributed by atoms with van der Waals surface area (Å²) in [5.74, 6) is 0.905. The van der Waals surface area contributed by atoms with E-state index in [1.54, 1.807) is 13.3 Å². The fourth-order valence-electron chi connectivity index (χ4n) is 2.03. The Kier molecular flexibility index (Phi) is 4.47. The first kappa shape index (κ1) is 13.5. The molecule has 2 aromatic rings. The number of methoxy groups -OCH3 is 1. The lowest BCUT2D eigenvalue weighted by Gasteiger charge is -2.17. The number of rotatable bonds is 5. The van der Waals surface area contributed by atoms with Crippen molar-refractivity contribution in [3.63, 3.8) is 0 Å². The van der Waals surface area contributed by atoms with Crippen LogP contribution in [0, 0.1) is 6.92 Å². The third kappa shape index (κ3) is 3.29. The van der Waals surface area contributed by atoms with Gasteiger partial charge in [-0.05, 0) is 32.0 Å². The van der Waals surface area contributed by atoms with Crippen LogP contribution in [0.3, 0.4) is 0 Å². The minimum absolute atomic E-state index is 0.129. The number of aromatic nitrogens is 2. The van der Waals surface area contributed by atoms with Crippen molar-refractivity contribution in [3.05, 3.63) is 53.6 Å². The summed E-state index contributed by atoms with van der Waals surface area (Å²) in [5, 5.41) is 3.28. The summed E-state index contributed by atoms with van der Waals surface area (Å²) in [6, 6.07) is 8.17. The molecule has 0 saturated carbocycles. The van der Waals surface area contributed by atoms with E-state index in [4.69, 9.17) is 4.74 Å². The van der Waals surface area contributed by atoms with Crippen molar-refractivity contribution in [2.24, 2.45) is 0 Å². The molecule has 1 aromatic heterocycles. The van der Waals surface area contributed by atoms with Crippen LogP contribution in [0.2, 0.25) is 0 Å². The van der Waals surface area contributed by atoms with Gasteiger partial charge >= 0.3 is 0 Å². The van der Waals surface area contributed by atoms with E-state index in [9.17, 15) is 0 Å². The van der Waals surface area contributed by atoms with E-state index in [1.807, 2.05) is 38.4 Å². The van der Waals surface area contributed by atoms with Gasteiger partial charge in [0.1, 0.15) is 5.75 Å². The van der Waals surface area contributed by atoms with Crippen LogP contribution < -0.4 is 10.1 Å². The summed E-state index contributed by atoms with van der Waals surface area (Å²) >= 11 is 0. The minimum Gasteiger partial charge on any atom is -0.496 e. The smallest absolute Gasteiger partial charge is 0.122 e. The van der Waals surface area contributed by atoms with Gasteiger partial charge in [0.05, 0.1) is 30.7 Å². The number of hydrogen-bond acceptors (Lipinski definition) is 4. The molecule has 0 spiro atoms.